The third kappa shape index (κ3) is 4.19. The van der Waals surface area contributed by atoms with Crippen LogP contribution in [0.1, 0.15) is 12.8 Å². The Balaban J connectivity index is 2.23. The lowest BCUT2D eigenvalue weighted by molar-refractivity contribution is -0.145. The maximum Gasteiger partial charge on any atom is 0.310 e. The lowest BCUT2D eigenvalue weighted by Crippen LogP contribution is -2.28. The van der Waals surface area contributed by atoms with E-state index in [0.29, 0.717) is 26.3 Å². The van der Waals surface area contributed by atoms with E-state index >= 15 is 0 Å². The molecule has 1 heterocycles. The molecule has 1 rings (SSSR count). The Morgan fingerprint density at radius 2 is 2.41 bits per heavy atom. The fraction of sp³-hybridized carbons (Fsp3) is 0.667. The Kier molecular flexibility index (Phi) is 5.69. The fourth-order valence-electron chi connectivity index (χ4n) is 1.84. The largest absolute Gasteiger partial charge is 0.469 e. The van der Waals surface area contributed by atoms with Crippen LogP contribution in [-0.4, -0.2) is 50.2 Å². The first-order valence-electron chi connectivity index (χ1n) is 5.73. The second-order valence-corrected chi connectivity index (χ2v) is 3.98. The Morgan fingerprint density at radius 3 is 3.06 bits per heavy atom. The van der Waals surface area contributed by atoms with E-state index in [9.17, 15) is 9.59 Å². The third-order valence-electron chi connectivity index (χ3n) is 2.70. The minimum Gasteiger partial charge on any atom is -0.469 e. The van der Waals surface area contributed by atoms with Crippen LogP contribution >= 0.6 is 0 Å². The zero-order chi connectivity index (χ0) is 12.7. The molecule has 0 N–H and O–H groups in total. The minimum atomic E-state index is -0.304. The molecule has 1 saturated heterocycles. The van der Waals surface area contributed by atoms with Crippen molar-refractivity contribution in [1.29, 1.82) is 0 Å². The molecule has 1 amide bonds. The van der Waals surface area contributed by atoms with Crippen LogP contribution in [0, 0.1) is 5.92 Å². The Hall–Kier alpha value is -1.36. The van der Waals surface area contributed by atoms with Gasteiger partial charge in [0.25, 0.3) is 0 Å². The maximum atomic E-state index is 11.6. The van der Waals surface area contributed by atoms with Crippen molar-refractivity contribution in [3.05, 3.63) is 12.7 Å². The van der Waals surface area contributed by atoms with Gasteiger partial charge in [0.05, 0.1) is 19.6 Å². The lowest BCUT2D eigenvalue weighted by Gasteiger charge is -2.15. The average Bonchev–Trinajstić information content (AvgIpc) is 2.70. The molecular formula is C12H19NO4. The summed E-state index contributed by atoms with van der Waals surface area (Å²) < 4.78 is 9.86. The molecule has 0 aromatic carbocycles. The van der Waals surface area contributed by atoms with Gasteiger partial charge in [0.15, 0.2) is 0 Å². The molecule has 5 heteroatoms. The van der Waals surface area contributed by atoms with Crippen molar-refractivity contribution in [3.8, 4) is 0 Å². The van der Waals surface area contributed by atoms with E-state index in [0.717, 1.165) is 6.42 Å². The normalized spacial score (nSPS) is 19.5. The lowest BCUT2D eigenvalue weighted by atomic mass is 10.1. The number of hydrogen-bond acceptors (Lipinski definition) is 4. The van der Waals surface area contributed by atoms with Crippen LogP contribution in [0.15, 0.2) is 12.7 Å². The highest BCUT2D eigenvalue weighted by Crippen LogP contribution is 2.18. The molecule has 0 saturated carbocycles. The van der Waals surface area contributed by atoms with Crippen molar-refractivity contribution in [3.63, 3.8) is 0 Å². The zero-order valence-electron chi connectivity index (χ0n) is 10.2. The van der Waals surface area contributed by atoms with Gasteiger partial charge < -0.3 is 14.4 Å². The van der Waals surface area contributed by atoms with Crippen molar-refractivity contribution in [2.24, 2.45) is 5.92 Å². The van der Waals surface area contributed by atoms with Gasteiger partial charge in [0, 0.05) is 26.1 Å². The number of rotatable bonds is 7. The number of amides is 1. The first-order chi connectivity index (χ1) is 8.19. The van der Waals surface area contributed by atoms with Gasteiger partial charge in [0.1, 0.15) is 0 Å². The predicted octanol–water partition coefficient (Wildman–Crippen LogP) is 0.601. The Bertz CT molecular complexity index is 290. The quantitative estimate of drug-likeness (QED) is 0.372. The van der Waals surface area contributed by atoms with Crippen LogP contribution in [0.25, 0.3) is 0 Å². The van der Waals surface area contributed by atoms with E-state index < -0.39 is 0 Å². The monoisotopic (exact) mass is 241 g/mol. The molecular weight excluding hydrogens is 222 g/mol. The second kappa shape index (κ2) is 7.06. The van der Waals surface area contributed by atoms with Crippen LogP contribution in [0.3, 0.4) is 0 Å². The summed E-state index contributed by atoms with van der Waals surface area (Å²) in [6.07, 6.45) is 2.72. The van der Waals surface area contributed by atoms with Gasteiger partial charge in [-0.3, -0.25) is 9.59 Å². The predicted molar refractivity (Wildman–Crippen MR) is 62.3 cm³/mol. The highest BCUT2D eigenvalue weighted by atomic mass is 16.5. The summed E-state index contributed by atoms with van der Waals surface area (Å²) in [6, 6.07) is 0. The molecule has 0 spiro atoms. The number of esters is 1. The maximum absolute atomic E-state index is 11.6. The van der Waals surface area contributed by atoms with E-state index in [1.807, 2.05) is 0 Å². The summed E-state index contributed by atoms with van der Waals surface area (Å²) in [5.41, 5.74) is 0. The van der Waals surface area contributed by atoms with Crippen LogP contribution in [0.2, 0.25) is 0 Å². The van der Waals surface area contributed by atoms with Gasteiger partial charge in [-0.25, -0.2) is 0 Å². The molecule has 0 aromatic heterocycles. The summed E-state index contributed by atoms with van der Waals surface area (Å²) >= 11 is 0. The standard InChI is InChI=1S/C12H19NO4/c1-3-6-17-7-4-5-13-9-10(8-11(13)14)12(15)16-2/h3,10H,1,4-9H2,2H3. The first-order valence-corrected chi connectivity index (χ1v) is 5.73. The smallest absolute Gasteiger partial charge is 0.310 e. The molecule has 5 nitrogen and oxygen atoms in total. The van der Waals surface area contributed by atoms with Crippen LogP contribution in [0.4, 0.5) is 0 Å². The summed E-state index contributed by atoms with van der Waals surface area (Å²) in [5, 5.41) is 0. The summed E-state index contributed by atoms with van der Waals surface area (Å²) in [7, 11) is 1.35. The zero-order valence-corrected chi connectivity index (χ0v) is 10.2. The van der Waals surface area contributed by atoms with Crippen molar-refractivity contribution in [2.75, 3.05) is 33.4 Å². The minimum absolute atomic E-state index is 0.0177. The first kappa shape index (κ1) is 13.7. The van der Waals surface area contributed by atoms with Crippen LogP contribution < -0.4 is 0 Å². The Labute approximate surface area is 101 Å². The number of carbonyl (C=O) groups is 2. The van der Waals surface area contributed by atoms with Crippen molar-refractivity contribution in [2.45, 2.75) is 12.8 Å². The SMILES string of the molecule is C=CCOCCCN1CC(C(=O)OC)CC1=O. The number of ether oxygens (including phenoxy) is 2. The third-order valence-corrected chi connectivity index (χ3v) is 2.70. The number of carbonyl (C=O) groups excluding carboxylic acids is 2. The van der Waals surface area contributed by atoms with E-state index in [2.05, 4.69) is 11.3 Å². The van der Waals surface area contributed by atoms with Crippen molar-refractivity contribution < 1.29 is 19.1 Å². The molecule has 1 atom stereocenters. The average molecular weight is 241 g/mol. The summed E-state index contributed by atoms with van der Waals surface area (Å²) in [4.78, 5) is 24.6. The molecule has 96 valence electrons. The molecule has 1 fully saturated rings. The summed E-state index contributed by atoms with van der Waals surface area (Å²) in [6.45, 7) is 5.76. The van der Waals surface area contributed by atoms with Crippen molar-refractivity contribution >= 4 is 11.9 Å². The van der Waals surface area contributed by atoms with E-state index in [4.69, 9.17) is 4.74 Å². The fourth-order valence-corrected chi connectivity index (χ4v) is 1.84. The van der Waals surface area contributed by atoms with Gasteiger partial charge >= 0.3 is 5.97 Å². The highest BCUT2D eigenvalue weighted by Gasteiger charge is 2.34. The second-order valence-electron chi connectivity index (χ2n) is 3.98. The van der Waals surface area contributed by atoms with E-state index in [1.165, 1.54) is 7.11 Å². The van der Waals surface area contributed by atoms with Gasteiger partial charge in [-0.1, -0.05) is 6.08 Å². The molecule has 17 heavy (non-hydrogen) atoms. The highest BCUT2D eigenvalue weighted by molar-refractivity contribution is 5.86. The van der Waals surface area contributed by atoms with Gasteiger partial charge in [-0.2, -0.15) is 0 Å². The topological polar surface area (TPSA) is 55.8 Å². The molecule has 0 aromatic rings. The van der Waals surface area contributed by atoms with E-state index in [-0.39, 0.29) is 24.2 Å². The van der Waals surface area contributed by atoms with Crippen LogP contribution in [-0.2, 0) is 19.1 Å². The van der Waals surface area contributed by atoms with Crippen molar-refractivity contribution in [1.82, 2.24) is 4.90 Å². The van der Waals surface area contributed by atoms with Gasteiger partial charge in [-0.15, -0.1) is 6.58 Å². The van der Waals surface area contributed by atoms with Gasteiger partial charge in [-0.05, 0) is 6.42 Å². The number of hydrogen-bond donors (Lipinski definition) is 0. The Morgan fingerprint density at radius 1 is 1.65 bits per heavy atom. The van der Waals surface area contributed by atoms with Gasteiger partial charge in [0.2, 0.25) is 5.91 Å². The molecule has 1 aliphatic heterocycles. The molecule has 1 aliphatic rings. The molecule has 0 radical (unpaired) electrons. The summed E-state index contributed by atoms with van der Waals surface area (Å²) in [5.74, 6) is -0.588. The van der Waals surface area contributed by atoms with E-state index in [1.54, 1.807) is 11.0 Å². The number of likely N-dealkylation sites (tertiary alicyclic amines) is 1. The van der Waals surface area contributed by atoms with Crippen LogP contribution in [0.5, 0.6) is 0 Å². The number of nitrogens with zero attached hydrogens (tertiary/aromatic N) is 1. The molecule has 0 aliphatic carbocycles. The molecule has 0 bridgehead atoms. The molecule has 1 unspecified atom stereocenters. The number of methoxy groups -OCH3 is 1.